The molecule has 0 saturated carbocycles. The summed E-state index contributed by atoms with van der Waals surface area (Å²) in [5.74, 6) is 0.432. The van der Waals surface area contributed by atoms with Crippen LogP contribution in [0.1, 0.15) is 43.5 Å². The number of hydrogen-bond donors (Lipinski definition) is 0. The molecule has 0 spiro atoms. The highest BCUT2D eigenvalue weighted by atomic mass is 35.5. The molecule has 2 aromatic heterocycles. The minimum absolute atomic E-state index is 0.116. The van der Waals surface area contributed by atoms with Crippen LogP contribution in [0.3, 0.4) is 0 Å². The van der Waals surface area contributed by atoms with Crippen molar-refractivity contribution in [3.63, 3.8) is 0 Å². The number of hydrogen-bond acceptors (Lipinski definition) is 6. The van der Waals surface area contributed by atoms with E-state index in [0.717, 1.165) is 11.3 Å². The van der Waals surface area contributed by atoms with Gasteiger partial charge in [-0.15, -0.1) is 0 Å². The van der Waals surface area contributed by atoms with Crippen LogP contribution in [0.25, 0.3) is 11.1 Å². The number of carbonyl (C=O) groups is 1. The fourth-order valence-electron chi connectivity index (χ4n) is 4.37. The van der Waals surface area contributed by atoms with Crippen LogP contribution in [0.2, 0.25) is 5.15 Å². The van der Waals surface area contributed by atoms with Gasteiger partial charge in [-0.3, -0.25) is 9.88 Å². The van der Waals surface area contributed by atoms with Crippen molar-refractivity contribution in [2.45, 2.75) is 45.8 Å². The van der Waals surface area contributed by atoms with Crippen LogP contribution in [0.5, 0.6) is 11.5 Å². The lowest BCUT2D eigenvalue weighted by Gasteiger charge is -2.28. The largest absolute Gasteiger partial charge is 0.493 e. The average molecular weight is 498 g/mol. The molecule has 4 heterocycles. The van der Waals surface area contributed by atoms with E-state index in [1.165, 1.54) is 11.0 Å². The first kappa shape index (κ1) is 23.4. The van der Waals surface area contributed by atoms with E-state index in [1.807, 2.05) is 19.1 Å². The van der Waals surface area contributed by atoms with Gasteiger partial charge in [0.25, 0.3) is 0 Å². The molecule has 0 aliphatic carbocycles. The number of aromatic nitrogens is 2. The summed E-state index contributed by atoms with van der Waals surface area (Å²) < 4.78 is 32.8. The molecule has 0 radical (unpaired) electrons. The Kier molecular flexibility index (Phi) is 5.79. The lowest BCUT2D eigenvalue weighted by atomic mass is 9.95. The number of carbonyl (C=O) groups excluding carboxylic acids is 1. The Morgan fingerprint density at radius 3 is 2.63 bits per heavy atom. The molecular formula is C26H25ClFN3O4. The smallest absolute Gasteiger partial charge is 0.416 e. The Bertz CT molecular complexity index is 1320. The van der Waals surface area contributed by atoms with Crippen molar-refractivity contribution < 1.29 is 23.4 Å². The van der Waals surface area contributed by atoms with Crippen LogP contribution in [-0.2, 0) is 11.3 Å². The summed E-state index contributed by atoms with van der Waals surface area (Å²) in [6.45, 7) is 7.61. The first-order valence-corrected chi connectivity index (χ1v) is 11.7. The minimum Gasteiger partial charge on any atom is -0.493 e. The van der Waals surface area contributed by atoms with Crippen molar-refractivity contribution in [3.8, 4) is 22.6 Å². The second-order valence-corrected chi connectivity index (χ2v) is 9.97. The van der Waals surface area contributed by atoms with E-state index in [0.29, 0.717) is 34.8 Å². The maximum atomic E-state index is 15.1. The number of fused-ring (bicyclic) bond motifs is 1. The van der Waals surface area contributed by atoms with E-state index in [1.54, 1.807) is 39.1 Å². The van der Waals surface area contributed by atoms with Crippen molar-refractivity contribution >= 4 is 23.5 Å². The molecule has 35 heavy (non-hydrogen) atoms. The zero-order chi connectivity index (χ0) is 24.9. The summed E-state index contributed by atoms with van der Waals surface area (Å²) in [4.78, 5) is 23.5. The molecule has 0 bridgehead atoms. The van der Waals surface area contributed by atoms with E-state index < -0.39 is 17.5 Å². The first-order valence-electron chi connectivity index (χ1n) is 11.3. The molecule has 1 atom stereocenters. The fraction of sp³-hybridized carbons (Fsp3) is 0.346. The molecule has 1 aromatic carbocycles. The summed E-state index contributed by atoms with van der Waals surface area (Å²) >= 11 is 6.63. The number of pyridine rings is 2. The topological polar surface area (TPSA) is 73.8 Å². The molecule has 0 N–H and O–H groups in total. The van der Waals surface area contributed by atoms with Crippen LogP contribution in [0.15, 0.2) is 36.5 Å². The zero-order valence-electron chi connectivity index (χ0n) is 19.9. The van der Waals surface area contributed by atoms with Gasteiger partial charge in [0.2, 0.25) is 0 Å². The van der Waals surface area contributed by atoms with Crippen LogP contribution in [-0.4, -0.2) is 34.9 Å². The number of amides is 1. The van der Waals surface area contributed by atoms with E-state index in [2.05, 4.69) is 9.97 Å². The summed E-state index contributed by atoms with van der Waals surface area (Å²) in [6, 6.07) is 8.40. The summed E-state index contributed by atoms with van der Waals surface area (Å²) in [7, 11) is 0. The van der Waals surface area contributed by atoms with Crippen molar-refractivity contribution in [3.05, 3.63) is 64.3 Å². The van der Waals surface area contributed by atoms with E-state index in [-0.39, 0.29) is 30.0 Å². The van der Waals surface area contributed by atoms with Gasteiger partial charge in [0.15, 0.2) is 11.6 Å². The Labute approximate surface area is 207 Å². The Morgan fingerprint density at radius 2 is 1.91 bits per heavy atom. The predicted octanol–water partition coefficient (Wildman–Crippen LogP) is 6.05. The monoisotopic (exact) mass is 497 g/mol. The van der Waals surface area contributed by atoms with E-state index >= 15 is 4.39 Å². The highest BCUT2D eigenvalue weighted by molar-refractivity contribution is 6.32. The van der Waals surface area contributed by atoms with Crippen LogP contribution < -0.4 is 14.4 Å². The Balaban J connectivity index is 1.69. The zero-order valence-corrected chi connectivity index (χ0v) is 20.6. The number of rotatable bonds is 1. The van der Waals surface area contributed by atoms with Gasteiger partial charge in [0.05, 0.1) is 25.7 Å². The minimum atomic E-state index is -0.782. The second kappa shape index (κ2) is 8.68. The normalized spacial score (nSPS) is 16.7. The molecule has 3 aromatic rings. The van der Waals surface area contributed by atoms with Crippen molar-refractivity contribution in [1.29, 1.82) is 0 Å². The number of benzene rings is 1. The summed E-state index contributed by atoms with van der Waals surface area (Å²) in [6.07, 6.45) is 1.01. The molecule has 2 aliphatic rings. The van der Waals surface area contributed by atoms with Crippen LogP contribution in [0, 0.1) is 12.7 Å². The van der Waals surface area contributed by atoms with Gasteiger partial charge < -0.3 is 14.2 Å². The molecule has 0 saturated heterocycles. The van der Waals surface area contributed by atoms with Gasteiger partial charge in [0, 0.05) is 34.1 Å². The van der Waals surface area contributed by atoms with Crippen LogP contribution >= 0.6 is 11.6 Å². The SMILES string of the molecule is Cc1ncccc1-c1cc2c(nc1Cl)N(C(=O)OC(C)(C)C)Cc1c(F)ccc3c1[C@@H](CO2)CO3. The summed E-state index contributed by atoms with van der Waals surface area (Å²) in [5, 5.41) is 0.165. The average Bonchev–Trinajstić information content (AvgIpc) is 3.21. The number of nitrogens with zero attached hydrogens (tertiary/aromatic N) is 3. The third-order valence-corrected chi connectivity index (χ3v) is 6.24. The van der Waals surface area contributed by atoms with Gasteiger partial charge in [-0.25, -0.2) is 14.2 Å². The van der Waals surface area contributed by atoms with E-state index in [9.17, 15) is 4.79 Å². The molecule has 9 heteroatoms. The van der Waals surface area contributed by atoms with Crippen molar-refractivity contribution in [2.24, 2.45) is 0 Å². The molecule has 0 fully saturated rings. The molecule has 0 unspecified atom stereocenters. The molecule has 5 rings (SSSR count). The second-order valence-electron chi connectivity index (χ2n) is 9.61. The lowest BCUT2D eigenvalue weighted by molar-refractivity contribution is 0.0575. The quantitative estimate of drug-likeness (QED) is 0.381. The first-order chi connectivity index (χ1) is 16.6. The Hall–Kier alpha value is -3.39. The van der Waals surface area contributed by atoms with Crippen molar-refractivity contribution in [1.82, 2.24) is 9.97 Å². The molecule has 182 valence electrons. The standard InChI is InChI=1S/C26H25ClFN3O4/c1-14-16(6-5-9-29-14)17-10-21-24(30-23(17)27)31(25(32)35-26(2,3)4)11-18-19(28)7-8-20-22(18)15(12-33-20)13-34-21/h5-10,15H,11-13H2,1-4H3/t15-/m1/s1. The highest BCUT2D eigenvalue weighted by Gasteiger charge is 2.36. The van der Waals surface area contributed by atoms with Gasteiger partial charge in [-0.05, 0) is 52.0 Å². The van der Waals surface area contributed by atoms with Gasteiger partial charge in [-0.2, -0.15) is 0 Å². The number of halogens is 2. The van der Waals surface area contributed by atoms with Crippen LogP contribution in [0.4, 0.5) is 15.0 Å². The predicted molar refractivity (Wildman–Crippen MR) is 130 cm³/mol. The van der Waals surface area contributed by atoms with E-state index in [4.69, 9.17) is 25.8 Å². The highest BCUT2D eigenvalue weighted by Crippen LogP contribution is 2.44. The number of aryl methyl sites for hydroxylation is 1. The van der Waals surface area contributed by atoms with Gasteiger partial charge in [0.1, 0.15) is 22.3 Å². The van der Waals surface area contributed by atoms with Gasteiger partial charge >= 0.3 is 6.09 Å². The fourth-order valence-corrected chi connectivity index (χ4v) is 4.60. The molecular weight excluding hydrogens is 473 g/mol. The molecule has 1 amide bonds. The number of ether oxygens (including phenoxy) is 3. The number of anilines is 1. The maximum absolute atomic E-state index is 15.1. The maximum Gasteiger partial charge on any atom is 0.416 e. The third kappa shape index (κ3) is 4.38. The lowest BCUT2D eigenvalue weighted by Crippen LogP contribution is -2.37. The van der Waals surface area contributed by atoms with Crippen molar-refractivity contribution in [2.75, 3.05) is 18.1 Å². The third-order valence-electron chi connectivity index (χ3n) is 5.95. The summed E-state index contributed by atoms with van der Waals surface area (Å²) in [5.41, 5.74) is 2.44. The Morgan fingerprint density at radius 1 is 1.17 bits per heavy atom. The van der Waals surface area contributed by atoms with Gasteiger partial charge in [-0.1, -0.05) is 17.7 Å². The molecule has 2 aliphatic heterocycles. The molecule has 7 nitrogen and oxygen atoms in total.